The number of urea groups is 1. The summed E-state index contributed by atoms with van der Waals surface area (Å²) < 4.78 is 0. The van der Waals surface area contributed by atoms with E-state index in [0.29, 0.717) is 11.4 Å². The summed E-state index contributed by atoms with van der Waals surface area (Å²) in [5.41, 5.74) is 5.93. The Bertz CT molecular complexity index is 270. The first kappa shape index (κ1) is 8.48. The molecule has 1 rings (SSSR count). The molecule has 1 heterocycles. The third kappa shape index (κ3) is 2.21. The quantitative estimate of drug-likeness (QED) is 0.582. The van der Waals surface area contributed by atoms with Gasteiger partial charge in [-0.15, -0.1) is 0 Å². The number of nitrogens with two attached hydrogens (primary N) is 1. The van der Waals surface area contributed by atoms with Crippen molar-refractivity contribution in [1.82, 2.24) is 4.98 Å². The smallest absolute Gasteiger partial charge is 0.316 e. The predicted octanol–water partition coefficient (Wildman–Crippen LogP) is 0.0645. The number of nitrogens with zero attached hydrogens (tertiary/aromatic N) is 1. The van der Waals surface area contributed by atoms with E-state index in [-0.39, 0.29) is 6.61 Å². The summed E-state index contributed by atoms with van der Waals surface area (Å²) >= 11 is 0. The molecule has 0 fully saturated rings. The number of aliphatic hydroxyl groups is 1. The second-order valence-electron chi connectivity index (χ2n) is 2.19. The van der Waals surface area contributed by atoms with Crippen LogP contribution in [0.2, 0.25) is 0 Å². The van der Waals surface area contributed by atoms with Crippen LogP contribution in [0, 0.1) is 0 Å². The number of amides is 2. The highest BCUT2D eigenvalue weighted by Gasteiger charge is 1.96. The van der Waals surface area contributed by atoms with E-state index in [1.54, 1.807) is 12.1 Å². The molecule has 5 heteroatoms. The van der Waals surface area contributed by atoms with Crippen molar-refractivity contribution in [3.05, 3.63) is 24.0 Å². The molecule has 1 aromatic rings. The Hall–Kier alpha value is -1.62. The Kier molecular flexibility index (Phi) is 2.60. The number of nitrogens with one attached hydrogen (secondary N) is 1. The molecule has 12 heavy (non-hydrogen) atoms. The number of anilines is 1. The van der Waals surface area contributed by atoms with Crippen molar-refractivity contribution in [2.24, 2.45) is 5.73 Å². The van der Waals surface area contributed by atoms with Crippen molar-refractivity contribution >= 4 is 11.7 Å². The minimum atomic E-state index is -0.631. The van der Waals surface area contributed by atoms with E-state index in [2.05, 4.69) is 10.3 Å². The number of aliphatic hydroxyl groups excluding tert-OH is 1. The number of carbonyl (C=O) groups is 1. The first-order valence-corrected chi connectivity index (χ1v) is 3.34. The molecule has 2 amide bonds. The van der Waals surface area contributed by atoms with Crippen molar-refractivity contribution in [3.63, 3.8) is 0 Å². The van der Waals surface area contributed by atoms with Gasteiger partial charge in [0.15, 0.2) is 0 Å². The van der Waals surface area contributed by atoms with Gasteiger partial charge in [-0.3, -0.25) is 4.98 Å². The van der Waals surface area contributed by atoms with Crippen LogP contribution in [0.3, 0.4) is 0 Å². The van der Waals surface area contributed by atoms with Gasteiger partial charge in [-0.1, -0.05) is 0 Å². The number of carbonyl (C=O) groups excluding carboxylic acids is 1. The molecule has 0 aliphatic rings. The highest BCUT2D eigenvalue weighted by molar-refractivity contribution is 5.87. The lowest BCUT2D eigenvalue weighted by Gasteiger charge is -2.00. The molecular weight excluding hydrogens is 158 g/mol. The summed E-state index contributed by atoms with van der Waals surface area (Å²) in [5, 5.41) is 11.0. The highest BCUT2D eigenvalue weighted by atomic mass is 16.3. The molecule has 0 unspecified atom stereocenters. The van der Waals surface area contributed by atoms with Crippen LogP contribution in [0.1, 0.15) is 5.69 Å². The van der Waals surface area contributed by atoms with Crippen molar-refractivity contribution in [2.75, 3.05) is 5.32 Å². The zero-order valence-electron chi connectivity index (χ0n) is 6.32. The van der Waals surface area contributed by atoms with Crippen LogP contribution in [-0.4, -0.2) is 16.1 Å². The van der Waals surface area contributed by atoms with Gasteiger partial charge in [0.1, 0.15) is 0 Å². The lowest BCUT2D eigenvalue weighted by atomic mass is 10.3. The number of pyridine rings is 1. The normalized spacial score (nSPS) is 9.42. The fourth-order valence-corrected chi connectivity index (χ4v) is 0.734. The van der Waals surface area contributed by atoms with E-state index < -0.39 is 6.03 Å². The summed E-state index contributed by atoms with van der Waals surface area (Å²) in [7, 11) is 0. The molecule has 0 atom stereocenters. The van der Waals surface area contributed by atoms with Crippen molar-refractivity contribution < 1.29 is 9.90 Å². The monoisotopic (exact) mass is 167 g/mol. The van der Waals surface area contributed by atoms with Crippen molar-refractivity contribution in [2.45, 2.75) is 6.61 Å². The van der Waals surface area contributed by atoms with Gasteiger partial charge < -0.3 is 16.2 Å². The van der Waals surface area contributed by atoms with Crippen LogP contribution in [0.25, 0.3) is 0 Å². The minimum absolute atomic E-state index is 0.114. The summed E-state index contributed by atoms with van der Waals surface area (Å²) in [4.78, 5) is 14.2. The lowest BCUT2D eigenvalue weighted by Crippen LogP contribution is -2.19. The number of primary amides is 1. The molecule has 5 nitrogen and oxygen atoms in total. The summed E-state index contributed by atoms with van der Waals surface area (Å²) in [6.07, 6.45) is 1.43. The Morgan fingerprint density at radius 3 is 2.83 bits per heavy atom. The van der Waals surface area contributed by atoms with E-state index >= 15 is 0 Å². The second-order valence-corrected chi connectivity index (χ2v) is 2.19. The maximum absolute atomic E-state index is 10.4. The van der Waals surface area contributed by atoms with Crippen LogP contribution in [-0.2, 0) is 6.61 Å². The zero-order valence-corrected chi connectivity index (χ0v) is 6.32. The molecule has 0 aliphatic heterocycles. The average molecular weight is 167 g/mol. The van der Waals surface area contributed by atoms with Gasteiger partial charge in [-0.25, -0.2) is 4.79 Å². The van der Waals surface area contributed by atoms with Crippen LogP contribution in [0.5, 0.6) is 0 Å². The Labute approximate surface area is 69.2 Å². The molecule has 64 valence electrons. The molecule has 4 N–H and O–H groups in total. The third-order valence-corrected chi connectivity index (χ3v) is 1.25. The molecular formula is C7H9N3O2. The van der Waals surface area contributed by atoms with Crippen LogP contribution in [0.4, 0.5) is 10.5 Å². The number of hydrogen-bond donors (Lipinski definition) is 3. The SMILES string of the molecule is NC(=O)Nc1ccc(CO)nc1. The van der Waals surface area contributed by atoms with Gasteiger partial charge in [0.05, 0.1) is 24.2 Å². The van der Waals surface area contributed by atoms with Crippen molar-refractivity contribution in [3.8, 4) is 0 Å². The largest absolute Gasteiger partial charge is 0.390 e. The van der Waals surface area contributed by atoms with E-state index in [1.807, 2.05) is 0 Å². The summed E-state index contributed by atoms with van der Waals surface area (Å²) in [5.74, 6) is 0. The van der Waals surface area contributed by atoms with Gasteiger partial charge >= 0.3 is 6.03 Å². The predicted molar refractivity (Wildman–Crippen MR) is 43.4 cm³/mol. The van der Waals surface area contributed by atoms with Crippen LogP contribution >= 0.6 is 0 Å². The third-order valence-electron chi connectivity index (χ3n) is 1.25. The lowest BCUT2D eigenvalue weighted by molar-refractivity contribution is 0.259. The van der Waals surface area contributed by atoms with Gasteiger partial charge in [0.25, 0.3) is 0 Å². The first-order chi connectivity index (χ1) is 5.72. The summed E-state index contributed by atoms with van der Waals surface area (Å²) in [6.45, 7) is -0.114. The Morgan fingerprint density at radius 2 is 2.42 bits per heavy atom. The van der Waals surface area contributed by atoms with Gasteiger partial charge in [-0.05, 0) is 12.1 Å². The fourth-order valence-electron chi connectivity index (χ4n) is 0.734. The molecule has 0 radical (unpaired) electrons. The van der Waals surface area contributed by atoms with E-state index in [4.69, 9.17) is 10.8 Å². The molecule has 0 bridgehead atoms. The fraction of sp³-hybridized carbons (Fsp3) is 0.143. The Balaban J connectivity index is 2.71. The molecule has 0 saturated carbocycles. The Morgan fingerprint density at radius 1 is 1.67 bits per heavy atom. The second kappa shape index (κ2) is 3.68. The maximum atomic E-state index is 10.4. The minimum Gasteiger partial charge on any atom is -0.390 e. The number of aromatic nitrogens is 1. The maximum Gasteiger partial charge on any atom is 0.316 e. The number of rotatable bonds is 2. The molecule has 0 aliphatic carbocycles. The van der Waals surface area contributed by atoms with E-state index in [9.17, 15) is 4.79 Å². The molecule has 0 spiro atoms. The molecule has 0 saturated heterocycles. The van der Waals surface area contributed by atoms with Gasteiger partial charge in [-0.2, -0.15) is 0 Å². The average Bonchev–Trinajstić information content (AvgIpc) is 2.05. The topological polar surface area (TPSA) is 88.2 Å². The highest BCUT2D eigenvalue weighted by Crippen LogP contribution is 2.04. The first-order valence-electron chi connectivity index (χ1n) is 3.34. The van der Waals surface area contributed by atoms with Crippen LogP contribution in [0.15, 0.2) is 18.3 Å². The zero-order chi connectivity index (χ0) is 8.97. The van der Waals surface area contributed by atoms with E-state index in [0.717, 1.165) is 0 Å². The molecule has 1 aromatic heterocycles. The molecule has 0 aromatic carbocycles. The van der Waals surface area contributed by atoms with Gasteiger partial charge in [0.2, 0.25) is 0 Å². The van der Waals surface area contributed by atoms with Crippen molar-refractivity contribution in [1.29, 1.82) is 0 Å². The van der Waals surface area contributed by atoms with Crippen LogP contribution < -0.4 is 11.1 Å². The van der Waals surface area contributed by atoms with E-state index in [1.165, 1.54) is 6.20 Å². The summed E-state index contributed by atoms with van der Waals surface area (Å²) in [6, 6.07) is 2.59. The standard InChI is InChI=1S/C7H9N3O2/c8-7(12)10-5-1-2-6(4-11)9-3-5/h1-3,11H,4H2,(H3,8,10,12). The van der Waals surface area contributed by atoms with Gasteiger partial charge in [0, 0.05) is 0 Å². The number of hydrogen-bond acceptors (Lipinski definition) is 3.